The second kappa shape index (κ2) is 5.55. The highest BCUT2D eigenvalue weighted by Crippen LogP contribution is 2.45. The van der Waals surface area contributed by atoms with Gasteiger partial charge in [-0.3, -0.25) is 4.79 Å². The van der Waals surface area contributed by atoms with Crippen LogP contribution in [0.5, 0.6) is 0 Å². The Kier molecular flexibility index (Phi) is 3.77. The molecule has 3 rings (SSSR count). The van der Waals surface area contributed by atoms with Gasteiger partial charge >= 0.3 is 0 Å². The first-order valence-corrected chi connectivity index (χ1v) is 7.72. The van der Waals surface area contributed by atoms with Crippen LogP contribution in [0.2, 0.25) is 0 Å². The van der Waals surface area contributed by atoms with E-state index in [1.54, 1.807) is 12.1 Å². The topological polar surface area (TPSA) is 20.3 Å². The molecule has 108 valence electrons. The zero-order valence-corrected chi connectivity index (χ0v) is 11.9. The van der Waals surface area contributed by atoms with Gasteiger partial charge in [0, 0.05) is 24.3 Å². The lowest BCUT2D eigenvalue weighted by Gasteiger charge is -2.45. The zero-order valence-electron chi connectivity index (χ0n) is 11.9. The Bertz CT molecular complexity index is 484. The first-order valence-electron chi connectivity index (χ1n) is 7.72. The Morgan fingerprint density at radius 1 is 1.00 bits per heavy atom. The van der Waals surface area contributed by atoms with Crippen molar-refractivity contribution >= 4 is 12.0 Å². The molecule has 20 heavy (non-hydrogen) atoms. The van der Waals surface area contributed by atoms with Crippen molar-refractivity contribution in [2.75, 3.05) is 18.0 Å². The lowest BCUT2D eigenvalue weighted by atomic mass is 9.68. The first kappa shape index (κ1) is 13.6. The summed E-state index contributed by atoms with van der Waals surface area (Å²) in [4.78, 5) is 13.1. The Hall–Kier alpha value is -1.38. The molecule has 0 unspecified atom stereocenters. The molecule has 0 atom stereocenters. The molecule has 0 N–H and O–H groups in total. The molecule has 1 aromatic rings. The predicted octanol–water partition coefficient (Wildman–Crippen LogP) is 4.19. The van der Waals surface area contributed by atoms with Crippen LogP contribution >= 0.6 is 0 Å². The second-order valence-electron chi connectivity index (χ2n) is 6.41. The van der Waals surface area contributed by atoms with E-state index in [1.165, 1.54) is 51.0 Å². The highest BCUT2D eigenvalue weighted by molar-refractivity contribution is 5.77. The summed E-state index contributed by atoms with van der Waals surface area (Å²) in [5.74, 6) is -0.317. The molecule has 0 radical (unpaired) electrons. The summed E-state index contributed by atoms with van der Waals surface area (Å²) in [6.45, 7) is 1.98. The highest BCUT2D eigenvalue weighted by atomic mass is 19.1. The van der Waals surface area contributed by atoms with Gasteiger partial charge in [0.2, 0.25) is 0 Å². The minimum atomic E-state index is -0.317. The fourth-order valence-corrected chi connectivity index (χ4v) is 3.89. The standard InChI is InChI=1S/C17H22FNO/c18-15-10-14(13-20)11-16(12-15)19-8-6-17(7-9-19)4-2-1-3-5-17/h10-13H,1-9H2. The van der Waals surface area contributed by atoms with Gasteiger partial charge in [-0.05, 0) is 49.3 Å². The number of aldehydes is 1. The number of halogens is 1. The number of benzene rings is 1. The van der Waals surface area contributed by atoms with Crippen LogP contribution in [0.15, 0.2) is 18.2 Å². The van der Waals surface area contributed by atoms with Gasteiger partial charge in [-0.15, -0.1) is 0 Å². The monoisotopic (exact) mass is 275 g/mol. The maximum absolute atomic E-state index is 13.5. The van der Waals surface area contributed by atoms with Crippen molar-refractivity contribution in [2.45, 2.75) is 44.9 Å². The molecular weight excluding hydrogens is 253 g/mol. The summed E-state index contributed by atoms with van der Waals surface area (Å²) in [7, 11) is 0. The lowest BCUT2D eigenvalue weighted by molar-refractivity contribution is 0.112. The predicted molar refractivity (Wildman–Crippen MR) is 78.8 cm³/mol. The summed E-state index contributed by atoms with van der Waals surface area (Å²) in [6.07, 6.45) is 9.99. The van der Waals surface area contributed by atoms with Crippen molar-refractivity contribution in [3.8, 4) is 0 Å². The third-order valence-corrected chi connectivity index (χ3v) is 5.14. The molecule has 1 spiro atoms. The van der Waals surface area contributed by atoms with Gasteiger partial charge in [0.15, 0.2) is 0 Å². The fraction of sp³-hybridized carbons (Fsp3) is 0.588. The summed E-state index contributed by atoms with van der Waals surface area (Å²) >= 11 is 0. The van der Waals surface area contributed by atoms with Crippen LogP contribution in [0.1, 0.15) is 55.3 Å². The molecule has 0 amide bonds. The van der Waals surface area contributed by atoms with Gasteiger partial charge in [-0.1, -0.05) is 19.3 Å². The second-order valence-corrected chi connectivity index (χ2v) is 6.41. The van der Waals surface area contributed by atoms with Crippen LogP contribution in [-0.4, -0.2) is 19.4 Å². The summed E-state index contributed by atoms with van der Waals surface area (Å²) in [5.41, 5.74) is 1.84. The number of nitrogens with zero attached hydrogens (tertiary/aromatic N) is 1. The molecule has 2 aliphatic rings. The Morgan fingerprint density at radius 2 is 1.70 bits per heavy atom. The van der Waals surface area contributed by atoms with E-state index in [9.17, 15) is 9.18 Å². The van der Waals surface area contributed by atoms with Gasteiger partial charge < -0.3 is 4.90 Å². The Labute approximate surface area is 120 Å². The average Bonchev–Trinajstić information content (AvgIpc) is 2.48. The van der Waals surface area contributed by atoms with Crippen molar-refractivity contribution in [3.63, 3.8) is 0 Å². The van der Waals surface area contributed by atoms with Crippen molar-refractivity contribution < 1.29 is 9.18 Å². The molecule has 3 heteroatoms. The molecule has 0 bridgehead atoms. The number of hydrogen-bond donors (Lipinski definition) is 0. The number of hydrogen-bond acceptors (Lipinski definition) is 2. The maximum Gasteiger partial charge on any atom is 0.150 e. The van der Waals surface area contributed by atoms with Gasteiger partial charge in [-0.25, -0.2) is 4.39 Å². The van der Waals surface area contributed by atoms with E-state index in [4.69, 9.17) is 0 Å². The van der Waals surface area contributed by atoms with Crippen LogP contribution in [0.25, 0.3) is 0 Å². The molecule has 2 fully saturated rings. The number of carbonyl (C=O) groups excluding carboxylic acids is 1. The molecule has 1 aliphatic heterocycles. The maximum atomic E-state index is 13.5. The van der Waals surface area contributed by atoms with Crippen LogP contribution in [0.4, 0.5) is 10.1 Å². The van der Waals surface area contributed by atoms with E-state index in [-0.39, 0.29) is 5.82 Å². The smallest absolute Gasteiger partial charge is 0.150 e. The molecule has 0 aromatic heterocycles. The Morgan fingerprint density at radius 3 is 2.35 bits per heavy atom. The molecule has 1 saturated heterocycles. The molecule has 1 saturated carbocycles. The van der Waals surface area contributed by atoms with E-state index in [0.29, 0.717) is 11.0 Å². The van der Waals surface area contributed by atoms with E-state index in [2.05, 4.69) is 4.90 Å². The molecule has 2 nitrogen and oxygen atoms in total. The largest absolute Gasteiger partial charge is 0.371 e. The van der Waals surface area contributed by atoms with Crippen molar-refractivity contribution in [3.05, 3.63) is 29.6 Å². The molecule has 1 heterocycles. The Balaban J connectivity index is 1.71. The van der Waals surface area contributed by atoms with Crippen molar-refractivity contribution in [1.29, 1.82) is 0 Å². The number of piperidine rings is 1. The van der Waals surface area contributed by atoms with E-state index in [0.717, 1.165) is 25.1 Å². The highest BCUT2D eigenvalue weighted by Gasteiger charge is 2.35. The lowest BCUT2D eigenvalue weighted by Crippen LogP contribution is -2.41. The van der Waals surface area contributed by atoms with Crippen LogP contribution in [0, 0.1) is 11.2 Å². The van der Waals surface area contributed by atoms with Crippen LogP contribution < -0.4 is 4.90 Å². The molecule has 1 aliphatic carbocycles. The summed E-state index contributed by atoms with van der Waals surface area (Å²) in [5, 5.41) is 0. The zero-order chi connectivity index (χ0) is 14.0. The number of rotatable bonds is 2. The SMILES string of the molecule is O=Cc1cc(F)cc(N2CCC3(CCCCC3)CC2)c1. The normalized spacial score (nSPS) is 21.9. The third-order valence-electron chi connectivity index (χ3n) is 5.14. The minimum Gasteiger partial charge on any atom is -0.371 e. The van der Waals surface area contributed by atoms with Gasteiger partial charge in [0.25, 0.3) is 0 Å². The van der Waals surface area contributed by atoms with Gasteiger partial charge in [0.05, 0.1) is 0 Å². The van der Waals surface area contributed by atoms with E-state index in [1.807, 2.05) is 0 Å². The summed E-state index contributed by atoms with van der Waals surface area (Å²) in [6, 6.07) is 4.64. The average molecular weight is 275 g/mol. The third kappa shape index (κ3) is 2.72. The van der Waals surface area contributed by atoms with E-state index >= 15 is 0 Å². The first-order chi connectivity index (χ1) is 9.71. The number of anilines is 1. The summed E-state index contributed by atoms with van der Waals surface area (Å²) < 4.78 is 13.5. The quantitative estimate of drug-likeness (QED) is 0.754. The van der Waals surface area contributed by atoms with Crippen LogP contribution in [-0.2, 0) is 0 Å². The van der Waals surface area contributed by atoms with E-state index < -0.39 is 0 Å². The number of carbonyl (C=O) groups is 1. The molecular formula is C17H22FNO. The van der Waals surface area contributed by atoms with Gasteiger partial charge in [-0.2, -0.15) is 0 Å². The minimum absolute atomic E-state index is 0.317. The molecule has 1 aromatic carbocycles. The van der Waals surface area contributed by atoms with Gasteiger partial charge in [0.1, 0.15) is 12.1 Å². The van der Waals surface area contributed by atoms with Crippen molar-refractivity contribution in [1.82, 2.24) is 0 Å². The fourth-order valence-electron chi connectivity index (χ4n) is 3.89. The van der Waals surface area contributed by atoms with Crippen LogP contribution in [0.3, 0.4) is 0 Å². The van der Waals surface area contributed by atoms with Crippen molar-refractivity contribution in [2.24, 2.45) is 5.41 Å².